The van der Waals surface area contributed by atoms with Crippen LogP contribution in [-0.4, -0.2) is 29.1 Å². The number of nitrogens with one attached hydrogen (secondary N) is 1. The van der Waals surface area contributed by atoms with Gasteiger partial charge in [-0.2, -0.15) is 0 Å². The highest BCUT2D eigenvalue weighted by molar-refractivity contribution is 6.42. The van der Waals surface area contributed by atoms with Crippen LogP contribution in [0.25, 0.3) is 0 Å². The molecule has 0 aliphatic heterocycles. The lowest BCUT2D eigenvalue weighted by Crippen LogP contribution is -2.14. The van der Waals surface area contributed by atoms with E-state index in [1.807, 2.05) is 12.1 Å². The number of anilines is 1. The van der Waals surface area contributed by atoms with E-state index in [1.54, 1.807) is 19.9 Å². The van der Waals surface area contributed by atoms with Gasteiger partial charge in [-0.25, -0.2) is 14.8 Å². The van der Waals surface area contributed by atoms with Crippen molar-refractivity contribution in [3.8, 4) is 0 Å². The van der Waals surface area contributed by atoms with Crippen LogP contribution in [0.3, 0.4) is 0 Å². The molecule has 0 saturated carbocycles. The van der Waals surface area contributed by atoms with E-state index < -0.39 is 5.97 Å². The van der Waals surface area contributed by atoms with Crippen molar-refractivity contribution < 1.29 is 9.53 Å². The van der Waals surface area contributed by atoms with Gasteiger partial charge < -0.3 is 10.1 Å². The molecule has 0 spiro atoms. The fourth-order valence-corrected chi connectivity index (χ4v) is 2.37. The molecule has 0 atom stereocenters. The summed E-state index contributed by atoms with van der Waals surface area (Å²) in [6.07, 6.45) is 2.09. The number of carbonyl (C=O) groups excluding carboxylic acids is 1. The van der Waals surface area contributed by atoms with Gasteiger partial charge >= 0.3 is 5.97 Å². The minimum atomic E-state index is -0.445. The number of benzene rings is 1. The fourth-order valence-electron chi connectivity index (χ4n) is 2.05. The minimum absolute atomic E-state index is 0.277. The number of nitrogens with zero attached hydrogens (tertiary/aromatic N) is 2. The molecule has 1 N–H and O–H groups in total. The average molecular weight is 354 g/mol. The smallest absolute Gasteiger partial charge is 0.357 e. The molecule has 0 aliphatic carbocycles. The van der Waals surface area contributed by atoms with Crippen molar-refractivity contribution >= 4 is 35.0 Å². The summed E-state index contributed by atoms with van der Waals surface area (Å²) < 4.78 is 4.98. The normalized spacial score (nSPS) is 10.4. The topological polar surface area (TPSA) is 64.1 Å². The Hall–Kier alpha value is -1.85. The second-order valence-corrected chi connectivity index (χ2v) is 5.66. The quantitative estimate of drug-likeness (QED) is 0.797. The lowest BCUT2D eigenvalue weighted by molar-refractivity contribution is 0.0518. The molecular weight excluding hydrogens is 337 g/mol. The van der Waals surface area contributed by atoms with Gasteiger partial charge in [0.05, 0.1) is 16.7 Å². The number of halogens is 2. The molecule has 1 aromatic carbocycles. The summed E-state index contributed by atoms with van der Waals surface area (Å²) in [7, 11) is 0. The number of carbonyl (C=O) groups is 1. The van der Waals surface area contributed by atoms with E-state index in [0.717, 1.165) is 12.0 Å². The second kappa shape index (κ2) is 8.13. The van der Waals surface area contributed by atoms with Gasteiger partial charge in [-0.3, -0.25) is 0 Å². The first kappa shape index (κ1) is 17.5. The molecule has 2 aromatic rings. The molecule has 0 fully saturated rings. The highest BCUT2D eigenvalue weighted by Crippen LogP contribution is 2.23. The standard InChI is InChI=1S/C16H17Cl2N3O2/c1-3-23-16(22)14-10(2)15(21-9-20-14)19-7-6-11-4-5-12(17)13(18)8-11/h4-5,8-9H,3,6-7H2,1-2H3,(H,19,20,21). The molecule has 0 amide bonds. The summed E-state index contributed by atoms with van der Waals surface area (Å²) in [4.78, 5) is 20.0. The molecular formula is C16H17Cl2N3O2. The van der Waals surface area contributed by atoms with Crippen LogP contribution in [0.5, 0.6) is 0 Å². The van der Waals surface area contributed by atoms with Crippen molar-refractivity contribution in [1.82, 2.24) is 9.97 Å². The van der Waals surface area contributed by atoms with Crippen LogP contribution in [0, 0.1) is 6.92 Å². The number of aromatic nitrogens is 2. The van der Waals surface area contributed by atoms with E-state index in [-0.39, 0.29) is 5.69 Å². The van der Waals surface area contributed by atoms with Crippen LogP contribution in [0.4, 0.5) is 5.82 Å². The van der Waals surface area contributed by atoms with Gasteiger partial charge in [0, 0.05) is 12.1 Å². The van der Waals surface area contributed by atoms with Crippen molar-refractivity contribution in [3.05, 3.63) is 51.4 Å². The molecule has 0 bridgehead atoms. The zero-order valence-electron chi connectivity index (χ0n) is 12.9. The average Bonchev–Trinajstić information content (AvgIpc) is 2.52. The van der Waals surface area contributed by atoms with E-state index in [4.69, 9.17) is 27.9 Å². The van der Waals surface area contributed by atoms with Gasteiger partial charge in [0.2, 0.25) is 0 Å². The summed E-state index contributed by atoms with van der Waals surface area (Å²) in [5.74, 6) is 0.169. The molecule has 5 nitrogen and oxygen atoms in total. The maximum Gasteiger partial charge on any atom is 0.357 e. The summed E-state index contributed by atoms with van der Waals surface area (Å²) in [6, 6.07) is 5.53. The van der Waals surface area contributed by atoms with Crippen molar-refractivity contribution in [2.75, 3.05) is 18.5 Å². The Labute approximate surface area is 145 Å². The molecule has 0 unspecified atom stereocenters. The third-order valence-electron chi connectivity index (χ3n) is 3.24. The van der Waals surface area contributed by atoms with E-state index >= 15 is 0 Å². The first-order valence-corrected chi connectivity index (χ1v) is 7.95. The molecule has 23 heavy (non-hydrogen) atoms. The molecule has 1 heterocycles. The third-order valence-corrected chi connectivity index (χ3v) is 3.98. The van der Waals surface area contributed by atoms with Crippen LogP contribution < -0.4 is 5.32 Å². The number of esters is 1. The van der Waals surface area contributed by atoms with Crippen molar-refractivity contribution in [2.24, 2.45) is 0 Å². The molecule has 122 valence electrons. The Balaban J connectivity index is 2.01. The summed E-state index contributed by atoms with van der Waals surface area (Å²) in [5.41, 5.74) is 2.00. The van der Waals surface area contributed by atoms with Crippen LogP contribution in [-0.2, 0) is 11.2 Å². The Morgan fingerprint density at radius 2 is 2.04 bits per heavy atom. The molecule has 0 saturated heterocycles. The first-order valence-electron chi connectivity index (χ1n) is 7.19. The highest BCUT2D eigenvalue weighted by atomic mass is 35.5. The fraction of sp³-hybridized carbons (Fsp3) is 0.312. The van der Waals surface area contributed by atoms with E-state index in [0.29, 0.717) is 34.6 Å². The Morgan fingerprint density at radius 3 is 2.74 bits per heavy atom. The van der Waals surface area contributed by atoms with Gasteiger partial charge in [0.15, 0.2) is 5.69 Å². The predicted molar refractivity (Wildman–Crippen MR) is 91.4 cm³/mol. The Morgan fingerprint density at radius 1 is 1.26 bits per heavy atom. The molecule has 1 aromatic heterocycles. The van der Waals surface area contributed by atoms with Gasteiger partial charge in [-0.1, -0.05) is 29.3 Å². The zero-order valence-corrected chi connectivity index (χ0v) is 14.4. The van der Waals surface area contributed by atoms with E-state index in [9.17, 15) is 4.79 Å². The third kappa shape index (κ3) is 4.56. The summed E-state index contributed by atoms with van der Waals surface area (Å²) in [6.45, 7) is 4.49. The van der Waals surface area contributed by atoms with E-state index in [2.05, 4.69) is 15.3 Å². The van der Waals surface area contributed by atoms with Crippen LogP contribution in [0.2, 0.25) is 10.0 Å². The van der Waals surface area contributed by atoms with Crippen molar-refractivity contribution in [2.45, 2.75) is 20.3 Å². The lowest BCUT2D eigenvalue weighted by atomic mass is 10.1. The van der Waals surface area contributed by atoms with Crippen LogP contribution in [0.15, 0.2) is 24.5 Å². The number of hydrogen-bond donors (Lipinski definition) is 1. The minimum Gasteiger partial charge on any atom is -0.461 e. The first-order chi connectivity index (χ1) is 11.0. The number of rotatable bonds is 6. The van der Waals surface area contributed by atoms with Gasteiger partial charge in [-0.15, -0.1) is 0 Å². The lowest BCUT2D eigenvalue weighted by Gasteiger charge is -2.11. The number of hydrogen-bond acceptors (Lipinski definition) is 5. The summed E-state index contributed by atoms with van der Waals surface area (Å²) in [5, 5.41) is 4.27. The molecule has 0 aliphatic rings. The highest BCUT2D eigenvalue weighted by Gasteiger charge is 2.15. The number of ether oxygens (including phenoxy) is 1. The van der Waals surface area contributed by atoms with Crippen molar-refractivity contribution in [1.29, 1.82) is 0 Å². The van der Waals surface area contributed by atoms with E-state index in [1.165, 1.54) is 6.33 Å². The second-order valence-electron chi connectivity index (χ2n) is 4.84. The van der Waals surface area contributed by atoms with Crippen molar-refractivity contribution in [3.63, 3.8) is 0 Å². The SMILES string of the molecule is CCOC(=O)c1ncnc(NCCc2ccc(Cl)c(Cl)c2)c1C. The molecule has 0 radical (unpaired) electrons. The summed E-state index contributed by atoms with van der Waals surface area (Å²) >= 11 is 11.9. The largest absolute Gasteiger partial charge is 0.461 e. The molecule has 7 heteroatoms. The van der Waals surface area contributed by atoms with Crippen LogP contribution in [0.1, 0.15) is 28.5 Å². The van der Waals surface area contributed by atoms with Gasteiger partial charge in [-0.05, 0) is 38.0 Å². The Bertz CT molecular complexity index is 708. The predicted octanol–water partition coefficient (Wildman–Crippen LogP) is 3.92. The Kier molecular flexibility index (Phi) is 6.19. The molecule has 2 rings (SSSR count). The van der Waals surface area contributed by atoms with Gasteiger partial charge in [0.25, 0.3) is 0 Å². The zero-order chi connectivity index (χ0) is 16.8. The van der Waals surface area contributed by atoms with Crippen LogP contribution >= 0.6 is 23.2 Å². The maximum absolute atomic E-state index is 11.8. The van der Waals surface area contributed by atoms with Gasteiger partial charge in [0.1, 0.15) is 12.1 Å². The monoisotopic (exact) mass is 353 g/mol. The maximum atomic E-state index is 11.8.